The normalized spacial score (nSPS) is 16.1. The molecule has 3 rings (SSSR count). The number of benzene rings is 1. The number of nitrogens with zero attached hydrogens (tertiary/aromatic N) is 1. The van der Waals surface area contributed by atoms with Crippen molar-refractivity contribution in [1.29, 1.82) is 0 Å². The van der Waals surface area contributed by atoms with Crippen molar-refractivity contribution >= 4 is 22.6 Å². The fraction of sp³-hybridized carbons (Fsp3) is 0.357. The number of carbonyl (C=O) groups is 1. The monoisotopic (exact) mass is 229 g/mol. The topological polar surface area (TPSA) is 33.5 Å². The lowest BCUT2D eigenvalue weighted by Gasteiger charge is -2.15. The van der Waals surface area contributed by atoms with Gasteiger partial charge in [0.15, 0.2) is 5.58 Å². The molecule has 88 valence electrons. The summed E-state index contributed by atoms with van der Waals surface area (Å²) in [6.45, 7) is 2.91. The Bertz CT molecular complexity index is 571. The number of para-hydroxylation sites is 1. The highest BCUT2D eigenvalue weighted by atomic mass is 16.3. The molecule has 0 N–H and O–H groups in total. The summed E-state index contributed by atoms with van der Waals surface area (Å²) in [6, 6.07) is 6.02. The molecular weight excluding hydrogens is 214 g/mol. The first-order valence-electron chi connectivity index (χ1n) is 6.10. The summed E-state index contributed by atoms with van der Waals surface area (Å²) in [4.78, 5) is 13.6. The van der Waals surface area contributed by atoms with Crippen LogP contribution in [0.15, 0.2) is 28.9 Å². The average molecular weight is 229 g/mol. The maximum atomic E-state index is 11.8. The van der Waals surface area contributed by atoms with Gasteiger partial charge in [-0.15, -0.1) is 0 Å². The summed E-state index contributed by atoms with van der Waals surface area (Å²) in [7, 11) is 0. The molecule has 0 aliphatic carbocycles. The number of hydrogen-bond acceptors (Lipinski definition) is 2. The average Bonchev–Trinajstić information content (AvgIpc) is 2.94. The number of aryl methyl sites for hydroxylation is 1. The third-order valence-corrected chi connectivity index (χ3v) is 3.40. The molecular formula is C14H15NO2. The van der Waals surface area contributed by atoms with Crippen LogP contribution in [-0.4, -0.2) is 12.5 Å². The van der Waals surface area contributed by atoms with Crippen LogP contribution in [0.25, 0.3) is 11.0 Å². The van der Waals surface area contributed by atoms with E-state index in [0.29, 0.717) is 6.42 Å². The first-order valence-corrected chi connectivity index (χ1v) is 6.10. The Hall–Kier alpha value is -1.77. The summed E-state index contributed by atoms with van der Waals surface area (Å²) in [6.07, 6.45) is 4.34. The molecule has 2 aromatic rings. The third-order valence-electron chi connectivity index (χ3n) is 3.40. The van der Waals surface area contributed by atoms with E-state index < -0.39 is 0 Å². The Balaban J connectivity index is 2.16. The highest BCUT2D eigenvalue weighted by molar-refractivity contribution is 6.03. The molecule has 17 heavy (non-hydrogen) atoms. The van der Waals surface area contributed by atoms with Crippen molar-refractivity contribution in [2.24, 2.45) is 0 Å². The Labute approximate surface area is 100 Å². The van der Waals surface area contributed by atoms with Crippen LogP contribution in [-0.2, 0) is 11.2 Å². The molecule has 0 spiro atoms. The van der Waals surface area contributed by atoms with Gasteiger partial charge in [0.2, 0.25) is 5.91 Å². The van der Waals surface area contributed by atoms with Gasteiger partial charge in [0, 0.05) is 18.4 Å². The van der Waals surface area contributed by atoms with E-state index in [4.69, 9.17) is 4.42 Å². The van der Waals surface area contributed by atoms with Gasteiger partial charge in [-0.2, -0.15) is 0 Å². The molecule has 3 nitrogen and oxygen atoms in total. The van der Waals surface area contributed by atoms with Gasteiger partial charge in [-0.05, 0) is 24.5 Å². The molecule has 1 fully saturated rings. The van der Waals surface area contributed by atoms with Crippen LogP contribution < -0.4 is 4.90 Å². The van der Waals surface area contributed by atoms with Gasteiger partial charge in [-0.3, -0.25) is 4.79 Å². The predicted octanol–water partition coefficient (Wildman–Crippen LogP) is 3.12. The zero-order valence-corrected chi connectivity index (χ0v) is 9.90. The molecule has 0 atom stereocenters. The van der Waals surface area contributed by atoms with E-state index in [-0.39, 0.29) is 5.91 Å². The smallest absolute Gasteiger partial charge is 0.227 e. The van der Waals surface area contributed by atoms with Crippen LogP contribution in [0.4, 0.5) is 5.69 Å². The van der Waals surface area contributed by atoms with Gasteiger partial charge in [0.05, 0.1) is 12.0 Å². The predicted molar refractivity (Wildman–Crippen MR) is 67.2 cm³/mol. The molecule has 0 bridgehead atoms. The summed E-state index contributed by atoms with van der Waals surface area (Å²) >= 11 is 0. The number of carbonyl (C=O) groups excluding carboxylic acids is 1. The zero-order valence-electron chi connectivity index (χ0n) is 9.90. The largest absolute Gasteiger partial charge is 0.462 e. The van der Waals surface area contributed by atoms with Gasteiger partial charge >= 0.3 is 0 Å². The number of anilines is 1. The first kappa shape index (κ1) is 10.4. The van der Waals surface area contributed by atoms with Crippen LogP contribution in [0.1, 0.15) is 25.3 Å². The van der Waals surface area contributed by atoms with E-state index in [1.54, 1.807) is 6.26 Å². The van der Waals surface area contributed by atoms with Crippen molar-refractivity contribution in [1.82, 2.24) is 0 Å². The van der Waals surface area contributed by atoms with E-state index in [0.717, 1.165) is 36.0 Å². The summed E-state index contributed by atoms with van der Waals surface area (Å²) in [5.41, 5.74) is 2.97. The van der Waals surface area contributed by atoms with Gasteiger partial charge in [-0.25, -0.2) is 0 Å². The van der Waals surface area contributed by atoms with Crippen LogP contribution >= 0.6 is 0 Å². The van der Waals surface area contributed by atoms with Crippen molar-refractivity contribution in [3.05, 3.63) is 30.0 Å². The fourth-order valence-electron chi connectivity index (χ4n) is 2.48. The lowest BCUT2D eigenvalue weighted by Crippen LogP contribution is -2.23. The highest BCUT2D eigenvalue weighted by Crippen LogP contribution is 2.32. The van der Waals surface area contributed by atoms with Crippen molar-refractivity contribution in [3.63, 3.8) is 0 Å². The van der Waals surface area contributed by atoms with Crippen LogP contribution in [0.5, 0.6) is 0 Å². The summed E-state index contributed by atoms with van der Waals surface area (Å²) in [5.74, 6) is 0.201. The lowest BCUT2D eigenvalue weighted by molar-refractivity contribution is -0.117. The Morgan fingerprint density at radius 1 is 1.41 bits per heavy atom. The van der Waals surface area contributed by atoms with Gasteiger partial charge < -0.3 is 9.32 Å². The number of fused-ring (bicyclic) bond motifs is 1. The molecule has 1 amide bonds. The van der Waals surface area contributed by atoms with Crippen molar-refractivity contribution in [2.45, 2.75) is 26.2 Å². The molecule has 2 heterocycles. The van der Waals surface area contributed by atoms with E-state index in [1.807, 2.05) is 17.0 Å². The van der Waals surface area contributed by atoms with Crippen LogP contribution in [0, 0.1) is 0 Å². The maximum Gasteiger partial charge on any atom is 0.227 e. The minimum Gasteiger partial charge on any atom is -0.462 e. The van der Waals surface area contributed by atoms with Crippen molar-refractivity contribution in [3.8, 4) is 0 Å². The van der Waals surface area contributed by atoms with E-state index in [1.165, 1.54) is 5.56 Å². The van der Waals surface area contributed by atoms with E-state index in [9.17, 15) is 4.79 Å². The molecule has 1 aromatic carbocycles. The molecule has 0 unspecified atom stereocenters. The zero-order chi connectivity index (χ0) is 11.8. The number of furan rings is 1. The third kappa shape index (κ3) is 1.54. The number of hydrogen-bond donors (Lipinski definition) is 0. The summed E-state index contributed by atoms with van der Waals surface area (Å²) in [5, 5.41) is 1.13. The van der Waals surface area contributed by atoms with Crippen molar-refractivity contribution < 1.29 is 9.21 Å². The van der Waals surface area contributed by atoms with Gasteiger partial charge in [-0.1, -0.05) is 19.1 Å². The molecule has 1 saturated heterocycles. The lowest BCUT2D eigenvalue weighted by atomic mass is 10.1. The minimum atomic E-state index is 0.201. The Morgan fingerprint density at radius 3 is 3.00 bits per heavy atom. The second-order valence-corrected chi connectivity index (χ2v) is 4.42. The molecule has 0 radical (unpaired) electrons. The molecule has 3 heteroatoms. The van der Waals surface area contributed by atoms with Gasteiger partial charge in [0.1, 0.15) is 0 Å². The maximum absolute atomic E-state index is 11.8. The van der Waals surface area contributed by atoms with E-state index >= 15 is 0 Å². The second-order valence-electron chi connectivity index (χ2n) is 4.42. The summed E-state index contributed by atoms with van der Waals surface area (Å²) < 4.78 is 5.64. The highest BCUT2D eigenvalue weighted by Gasteiger charge is 2.24. The van der Waals surface area contributed by atoms with Crippen LogP contribution in [0.3, 0.4) is 0 Å². The fourth-order valence-corrected chi connectivity index (χ4v) is 2.48. The Kier molecular flexibility index (Phi) is 2.39. The first-order chi connectivity index (χ1) is 8.31. The molecule has 1 aliphatic heterocycles. The number of amides is 1. The van der Waals surface area contributed by atoms with Gasteiger partial charge in [0.25, 0.3) is 0 Å². The Morgan fingerprint density at radius 2 is 2.29 bits per heavy atom. The molecule has 1 aliphatic rings. The standard InChI is InChI=1S/C14H15NO2/c1-2-10-9-17-14-11(10)5-3-6-12(14)15-8-4-7-13(15)16/h3,5-6,9H,2,4,7-8H2,1H3. The molecule has 1 aromatic heterocycles. The van der Waals surface area contributed by atoms with E-state index in [2.05, 4.69) is 13.0 Å². The minimum absolute atomic E-state index is 0.201. The number of rotatable bonds is 2. The SMILES string of the molecule is CCc1coc2c(N3CCCC3=O)cccc12. The quantitative estimate of drug-likeness (QED) is 0.792. The second kappa shape index (κ2) is 3.91. The molecule has 0 saturated carbocycles. The van der Waals surface area contributed by atoms with Crippen LogP contribution in [0.2, 0.25) is 0 Å². The van der Waals surface area contributed by atoms with Crippen molar-refractivity contribution in [2.75, 3.05) is 11.4 Å².